The number of thiazole rings is 1. The third-order valence-electron chi connectivity index (χ3n) is 4.16. The van der Waals surface area contributed by atoms with Crippen LogP contribution in [0.5, 0.6) is 0 Å². The Bertz CT molecular complexity index is 765. The molecule has 0 N–H and O–H groups in total. The number of hydrogen-bond donors (Lipinski definition) is 0. The predicted octanol–water partition coefficient (Wildman–Crippen LogP) is 3.99. The first-order chi connectivity index (χ1) is 10.3. The molecule has 3 nitrogen and oxygen atoms in total. The van der Waals surface area contributed by atoms with Crippen molar-refractivity contribution in [3.8, 4) is 5.13 Å². The van der Waals surface area contributed by atoms with Crippen molar-refractivity contribution in [3.63, 3.8) is 0 Å². The van der Waals surface area contributed by atoms with Gasteiger partial charge in [0.05, 0.1) is 10.2 Å². The molecule has 4 heteroatoms. The first kappa shape index (κ1) is 13.0. The van der Waals surface area contributed by atoms with Crippen molar-refractivity contribution < 1.29 is 0 Å². The lowest BCUT2D eigenvalue weighted by Crippen LogP contribution is -2.20. The number of fused-ring (bicyclic) bond motifs is 1. The maximum atomic E-state index is 4.79. The molecule has 1 aliphatic heterocycles. The molecule has 0 unspecified atom stereocenters. The molecule has 0 saturated carbocycles. The highest BCUT2D eigenvalue weighted by Crippen LogP contribution is 2.27. The summed E-state index contributed by atoms with van der Waals surface area (Å²) in [5.74, 6) is 0. The fourth-order valence-corrected chi connectivity index (χ4v) is 4.10. The standard InChI is InChI=1S/C17H19N3S/c1-13-6-7-15-16(11-13)21-17(18-15)20-10-4-5-14(20)12-19-8-2-3-9-19/h4-7,10-11H,2-3,8-9,12H2,1H3. The van der Waals surface area contributed by atoms with E-state index >= 15 is 0 Å². The van der Waals surface area contributed by atoms with Crippen LogP contribution in [0, 0.1) is 6.92 Å². The molecule has 0 spiro atoms. The Hall–Kier alpha value is -1.65. The highest BCUT2D eigenvalue weighted by molar-refractivity contribution is 7.20. The summed E-state index contributed by atoms with van der Waals surface area (Å²) >= 11 is 1.77. The van der Waals surface area contributed by atoms with Gasteiger partial charge >= 0.3 is 0 Å². The van der Waals surface area contributed by atoms with Crippen molar-refractivity contribution in [2.75, 3.05) is 13.1 Å². The second-order valence-corrected chi connectivity index (χ2v) is 6.83. The Morgan fingerprint density at radius 1 is 1.19 bits per heavy atom. The van der Waals surface area contributed by atoms with Crippen molar-refractivity contribution in [2.24, 2.45) is 0 Å². The summed E-state index contributed by atoms with van der Waals surface area (Å²) < 4.78 is 3.52. The molecule has 0 bridgehead atoms. The molecule has 108 valence electrons. The molecule has 1 saturated heterocycles. The van der Waals surface area contributed by atoms with Gasteiger partial charge in [-0.3, -0.25) is 9.47 Å². The fourth-order valence-electron chi connectivity index (χ4n) is 3.02. The zero-order valence-corrected chi connectivity index (χ0v) is 13.1. The van der Waals surface area contributed by atoms with Gasteiger partial charge in [-0.1, -0.05) is 17.4 Å². The van der Waals surface area contributed by atoms with Crippen LogP contribution in [0.1, 0.15) is 24.1 Å². The number of aromatic nitrogens is 2. The Kier molecular flexibility index (Phi) is 3.28. The molecular weight excluding hydrogens is 278 g/mol. The molecule has 3 aromatic rings. The summed E-state index contributed by atoms with van der Waals surface area (Å²) in [5, 5.41) is 1.08. The van der Waals surface area contributed by atoms with E-state index < -0.39 is 0 Å². The van der Waals surface area contributed by atoms with Crippen LogP contribution in [0.15, 0.2) is 36.5 Å². The molecule has 0 atom stereocenters. The van der Waals surface area contributed by atoms with E-state index in [0.717, 1.165) is 17.2 Å². The Morgan fingerprint density at radius 2 is 2.05 bits per heavy atom. The van der Waals surface area contributed by atoms with Crippen molar-refractivity contribution in [3.05, 3.63) is 47.8 Å². The minimum absolute atomic E-state index is 1.03. The quantitative estimate of drug-likeness (QED) is 0.729. The van der Waals surface area contributed by atoms with Gasteiger partial charge in [0.15, 0.2) is 5.13 Å². The number of rotatable bonds is 3. The number of benzene rings is 1. The third-order valence-corrected chi connectivity index (χ3v) is 5.17. The molecule has 1 aromatic carbocycles. The largest absolute Gasteiger partial charge is 0.298 e. The number of nitrogens with zero attached hydrogens (tertiary/aromatic N) is 3. The fraction of sp³-hybridized carbons (Fsp3) is 0.353. The van der Waals surface area contributed by atoms with Gasteiger partial charge in [0.25, 0.3) is 0 Å². The zero-order valence-electron chi connectivity index (χ0n) is 12.2. The van der Waals surface area contributed by atoms with Crippen molar-refractivity contribution in [1.29, 1.82) is 0 Å². The smallest absolute Gasteiger partial charge is 0.194 e. The maximum Gasteiger partial charge on any atom is 0.194 e. The van der Waals surface area contributed by atoms with Gasteiger partial charge in [-0.2, -0.15) is 0 Å². The van der Waals surface area contributed by atoms with E-state index in [1.165, 1.54) is 41.9 Å². The number of hydrogen-bond acceptors (Lipinski definition) is 3. The highest BCUT2D eigenvalue weighted by atomic mass is 32.1. The van der Waals surface area contributed by atoms with E-state index in [-0.39, 0.29) is 0 Å². The molecular formula is C17H19N3S. The predicted molar refractivity (Wildman–Crippen MR) is 88.2 cm³/mol. The molecule has 21 heavy (non-hydrogen) atoms. The van der Waals surface area contributed by atoms with Crippen molar-refractivity contribution >= 4 is 21.6 Å². The monoisotopic (exact) mass is 297 g/mol. The molecule has 1 fully saturated rings. The van der Waals surface area contributed by atoms with E-state index in [1.54, 1.807) is 11.3 Å². The van der Waals surface area contributed by atoms with Crippen LogP contribution in [0.3, 0.4) is 0 Å². The highest BCUT2D eigenvalue weighted by Gasteiger charge is 2.15. The first-order valence-electron chi connectivity index (χ1n) is 7.56. The lowest BCUT2D eigenvalue weighted by Gasteiger charge is -2.15. The summed E-state index contributed by atoms with van der Waals surface area (Å²) in [6.07, 6.45) is 4.80. The lowest BCUT2D eigenvalue weighted by atomic mass is 10.2. The van der Waals surface area contributed by atoms with E-state index in [0.29, 0.717) is 0 Å². The zero-order chi connectivity index (χ0) is 14.2. The second kappa shape index (κ2) is 5.28. The van der Waals surface area contributed by atoms with Crippen LogP contribution in [-0.4, -0.2) is 27.5 Å². The maximum absolute atomic E-state index is 4.79. The van der Waals surface area contributed by atoms with Crippen LogP contribution < -0.4 is 0 Å². The average Bonchev–Trinajstić information content (AvgIpc) is 3.18. The second-order valence-electron chi connectivity index (χ2n) is 5.82. The minimum Gasteiger partial charge on any atom is -0.298 e. The summed E-state index contributed by atoms with van der Waals surface area (Å²) in [4.78, 5) is 7.33. The SMILES string of the molecule is Cc1ccc2nc(-n3cccc3CN3CCCC3)sc2c1. The Labute approximate surface area is 128 Å². The van der Waals surface area contributed by atoms with Crippen LogP contribution in [-0.2, 0) is 6.54 Å². The first-order valence-corrected chi connectivity index (χ1v) is 8.37. The van der Waals surface area contributed by atoms with Crippen molar-refractivity contribution in [2.45, 2.75) is 26.3 Å². The summed E-state index contributed by atoms with van der Waals surface area (Å²) in [6, 6.07) is 10.8. The summed E-state index contributed by atoms with van der Waals surface area (Å²) in [7, 11) is 0. The molecule has 4 rings (SSSR count). The summed E-state index contributed by atoms with van der Waals surface area (Å²) in [5.41, 5.74) is 3.73. The molecule has 0 radical (unpaired) electrons. The molecule has 0 amide bonds. The normalized spacial score (nSPS) is 16.0. The van der Waals surface area contributed by atoms with Crippen molar-refractivity contribution in [1.82, 2.24) is 14.5 Å². The minimum atomic E-state index is 1.03. The average molecular weight is 297 g/mol. The van der Waals surface area contributed by atoms with E-state index in [1.807, 2.05) is 0 Å². The molecule has 3 heterocycles. The van der Waals surface area contributed by atoms with Gasteiger partial charge in [-0.25, -0.2) is 4.98 Å². The molecule has 1 aliphatic rings. The van der Waals surface area contributed by atoms with E-state index in [2.05, 4.69) is 52.9 Å². The van der Waals surface area contributed by atoms with Gasteiger partial charge in [-0.05, 0) is 62.7 Å². The topological polar surface area (TPSA) is 21.1 Å². The van der Waals surface area contributed by atoms with E-state index in [9.17, 15) is 0 Å². The lowest BCUT2D eigenvalue weighted by molar-refractivity contribution is 0.325. The summed E-state index contributed by atoms with van der Waals surface area (Å²) in [6.45, 7) is 5.61. The van der Waals surface area contributed by atoms with Gasteiger partial charge in [-0.15, -0.1) is 0 Å². The van der Waals surface area contributed by atoms with Gasteiger partial charge < -0.3 is 0 Å². The van der Waals surface area contributed by atoms with Crippen LogP contribution in [0.25, 0.3) is 15.3 Å². The number of aryl methyl sites for hydroxylation is 1. The number of likely N-dealkylation sites (tertiary alicyclic amines) is 1. The Balaban J connectivity index is 1.69. The third kappa shape index (κ3) is 2.49. The molecule has 2 aromatic heterocycles. The van der Waals surface area contributed by atoms with Gasteiger partial charge in [0.1, 0.15) is 0 Å². The van der Waals surface area contributed by atoms with Crippen LogP contribution in [0.4, 0.5) is 0 Å². The van der Waals surface area contributed by atoms with Crippen LogP contribution in [0.2, 0.25) is 0 Å². The van der Waals surface area contributed by atoms with Gasteiger partial charge in [0.2, 0.25) is 0 Å². The van der Waals surface area contributed by atoms with E-state index in [4.69, 9.17) is 4.98 Å². The molecule has 0 aliphatic carbocycles. The Morgan fingerprint density at radius 3 is 2.90 bits per heavy atom. The van der Waals surface area contributed by atoms with Gasteiger partial charge in [0, 0.05) is 18.4 Å². The van der Waals surface area contributed by atoms with Crippen LogP contribution >= 0.6 is 11.3 Å².